The Morgan fingerprint density at radius 1 is 0.632 bits per heavy atom. The SMILES string of the molecule is C[C@@H](O)[C@H](NC(=O)[C@H](CCCCN)NC(=O)[C@H](CCCN=C(N)N)NC(=O)[C@@H](NC(=O)[C@@H]1CCCN1C(=O)[C@@H]1CCCN1C(=O)[C@@H](N)CS)[C@@H](C)O)C(=O)N[C@H](C(=O)N[C@@H](CS)C(=O)O)[C@@H](C)O. The van der Waals surface area contributed by atoms with Gasteiger partial charge in [0.2, 0.25) is 47.3 Å². The fourth-order valence-electron chi connectivity index (χ4n) is 7.55. The Balaban J connectivity index is 2.34. The minimum atomic E-state index is -1.79. The number of amides is 8. The van der Waals surface area contributed by atoms with Crippen LogP contribution < -0.4 is 54.8 Å². The first-order valence-electron chi connectivity index (χ1n) is 22.4. The lowest BCUT2D eigenvalue weighted by atomic mass is 10.0. The highest BCUT2D eigenvalue weighted by Gasteiger charge is 2.44. The van der Waals surface area contributed by atoms with Crippen molar-refractivity contribution in [1.29, 1.82) is 0 Å². The number of carbonyl (C=O) groups is 9. The summed E-state index contributed by atoms with van der Waals surface area (Å²) in [6, 6.07) is -12.4. The van der Waals surface area contributed by atoms with Crippen LogP contribution in [0.3, 0.4) is 0 Å². The zero-order valence-electron chi connectivity index (χ0n) is 38.5. The van der Waals surface area contributed by atoms with Crippen molar-refractivity contribution >= 4 is 84.4 Å². The molecular formula is C40H71N13O13S2. The maximum absolute atomic E-state index is 14.1. The fourth-order valence-corrected chi connectivity index (χ4v) is 7.95. The van der Waals surface area contributed by atoms with E-state index in [1.807, 2.05) is 0 Å². The first-order valence-corrected chi connectivity index (χ1v) is 23.7. The number of aliphatic carboxylic acids is 1. The van der Waals surface area contributed by atoms with Gasteiger partial charge >= 0.3 is 5.97 Å². The number of thiol groups is 2. The molecule has 0 aliphatic carbocycles. The molecule has 0 bridgehead atoms. The standard InChI is InChI=1S/C40H71N13O13S2/c1-19(54)28(50-33(59)26-11-7-15-52(26)38(64)27-12-8-16-53(27)37(63)22(42)17-67)34(60)47-24(10-6-14-45-40(43)44)31(57)46-23(9-4-5-13-41)32(58)49-30(21(3)56)36(62)51-29(20(2)55)35(61)48-25(18-68)39(65)66/h19-30,54-56,67-68H,4-18,41-42H2,1-3H3,(H,46,57)(H,47,60)(H,48,61)(H,49,58)(H,50,59)(H,51,62)(H,65,66)(H4,43,44,45)/t19-,20-,21-,22+,23+,24+,25+,26+,27+,28+,29+,30+/m1/s1. The van der Waals surface area contributed by atoms with Gasteiger partial charge in [0.1, 0.15) is 48.3 Å². The van der Waals surface area contributed by atoms with Gasteiger partial charge in [-0.2, -0.15) is 25.3 Å². The molecule has 28 heteroatoms. The lowest BCUT2D eigenvalue weighted by Gasteiger charge is -2.33. The van der Waals surface area contributed by atoms with Gasteiger partial charge in [0, 0.05) is 31.1 Å². The summed E-state index contributed by atoms with van der Waals surface area (Å²) < 4.78 is 0. The first-order chi connectivity index (χ1) is 32.0. The van der Waals surface area contributed by atoms with Crippen molar-refractivity contribution in [2.45, 2.75) is 151 Å². The highest BCUT2D eigenvalue weighted by molar-refractivity contribution is 7.80. The molecule has 0 aromatic heterocycles. The number of rotatable bonds is 28. The monoisotopic (exact) mass is 1010 g/mol. The highest BCUT2D eigenvalue weighted by Crippen LogP contribution is 2.26. The van der Waals surface area contributed by atoms with Gasteiger partial charge in [0.05, 0.1) is 24.4 Å². The van der Waals surface area contributed by atoms with Crippen molar-refractivity contribution in [2.24, 2.45) is 27.9 Å². The highest BCUT2D eigenvalue weighted by atomic mass is 32.1. The molecule has 0 saturated carbocycles. The predicted octanol–water partition coefficient (Wildman–Crippen LogP) is -6.53. The summed E-state index contributed by atoms with van der Waals surface area (Å²) >= 11 is 7.97. The van der Waals surface area contributed by atoms with E-state index in [-0.39, 0.29) is 69.2 Å². The molecule has 2 fully saturated rings. The molecule has 2 aliphatic rings. The van der Waals surface area contributed by atoms with Gasteiger partial charge in [-0.25, -0.2) is 4.79 Å². The maximum atomic E-state index is 14.1. The second kappa shape index (κ2) is 29.1. The summed E-state index contributed by atoms with van der Waals surface area (Å²) in [5, 5.41) is 55.2. The number of aliphatic hydroxyl groups is 3. The number of carbonyl (C=O) groups excluding carboxylic acids is 8. The average Bonchev–Trinajstić information content (AvgIpc) is 3.99. The van der Waals surface area contributed by atoms with Gasteiger partial charge in [-0.3, -0.25) is 43.3 Å². The predicted molar refractivity (Wildman–Crippen MR) is 252 cm³/mol. The quantitative estimate of drug-likeness (QED) is 0.0150. The van der Waals surface area contributed by atoms with Gasteiger partial charge < -0.3 is 85.1 Å². The van der Waals surface area contributed by atoms with Crippen LogP contribution in [0.1, 0.15) is 78.6 Å². The second-order valence-electron chi connectivity index (χ2n) is 16.8. The summed E-state index contributed by atoms with van der Waals surface area (Å²) in [5.41, 5.74) is 22.5. The van der Waals surface area contributed by atoms with Crippen molar-refractivity contribution in [3.63, 3.8) is 0 Å². The number of carboxylic acid groups (broad SMARTS) is 1. The number of carboxylic acids is 1. The average molecular weight is 1010 g/mol. The summed E-state index contributed by atoms with van der Waals surface area (Å²) in [7, 11) is 0. The number of guanidine groups is 1. The van der Waals surface area contributed by atoms with Crippen LogP contribution in [0.2, 0.25) is 0 Å². The lowest BCUT2D eigenvalue weighted by Crippen LogP contribution is -2.63. The van der Waals surface area contributed by atoms with Crippen LogP contribution in [-0.4, -0.2) is 200 Å². The van der Waals surface area contributed by atoms with Gasteiger partial charge in [-0.1, -0.05) is 0 Å². The van der Waals surface area contributed by atoms with E-state index in [1.165, 1.54) is 16.7 Å². The van der Waals surface area contributed by atoms with Crippen LogP contribution in [0.5, 0.6) is 0 Å². The zero-order chi connectivity index (χ0) is 51.4. The number of hydrogen-bond donors (Lipinski definition) is 16. The number of nitrogens with zero attached hydrogens (tertiary/aromatic N) is 3. The summed E-state index contributed by atoms with van der Waals surface area (Å²) in [6.45, 7) is 4.18. The molecule has 0 aromatic carbocycles. The Labute approximate surface area is 405 Å². The smallest absolute Gasteiger partial charge is 0.327 e. The Bertz CT molecular complexity index is 1790. The van der Waals surface area contributed by atoms with Crippen LogP contribution in [0.15, 0.2) is 4.99 Å². The Morgan fingerprint density at radius 2 is 1.09 bits per heavy atom. The van der Waals surface area contributed by atoms with Gasteiger partial charge in [-0.05, 0) is 85.1 Å². The topological polar surface area (TPSA) is 430 Å². The minimum Gasteiger partial charge on any atom is -0.480 e. The lowest BCUT2D eigenvalue weighted by molar-refractivity contribution is -0.147. The molecule has 68 heavy (non-hydrogen) atoms. The molecule has 386 valence electrons. The molecule has 0 radical (unpaired) electrons. The molecule has 26 nitrogen and oxygen atoms in total. The molecule has 2 heterocycles. The number of hydrogen-bond acceptors (Lipinski definition) is 17. The van der Waals surface area contributed by atoms with E-state index in [0.29, 0.717) is 32.2 Å². The second-order valence-corrected chi connectivity index (χ2v) is 17.5. The van der Waals surface area contributed by atoms with E-state index >= 15 is 0 Å². The van der Waals surface area contributed by atoms with Crippen molar-refractivity contribution in [1.82, 2.24) is 41.7 Å². The first kappa shape index (κ1) is 59.1. The van der Waals surface area contributed by atoms with Gasteiger partial charge in [0.15, 0.2) is 5.96 Å². The zero-order valence-corrected chi connectivity index (χ0v) is 40.3. The molecule has 0 spiro atoms. The van der Waals surface area contributed by atoms with Crippen LogP contribution in [-0.2, 0) is 43.2 Å². The van der Waals surface area contributed by atoms with E-state index in [1.54, 1.807) is 0 Å². The number of nitrogens with two attached hydrogens (primary N) is 4. The number of likely N-dealkylation sites (tertiary alicyclic amines) is 2. The van der Waals surface area contributed by atoms with Crippen LogP contribution in [0, 0.1) is 0 Å². The van der Waals surface area contributed by atoms with Crippen molar-refractivity contribution in [3.05, 3.63) is 0 Å². The molecule has 0 unspecified atom stereocenters. The van der Waals surface area contributed by atoms with E-state index in [0.717, 1.165) is 13.8 Å². The molecule has 0 aromatic rings. The maximum Gasteiger partial charge on any atom is 0.327 e. The third-order valence-electron chi connectivity index (χ3n) is 11.3. The van der Waals surface area contributed by atoms with E-state index < -0.39 is 126 Å². The molecule has 2 rings (SSSR count). The summed E-state index contributed by atoms with van der Waals surface area (Å²) in [6.07, 6.45) is -2.71. The van der Waals surface area contributed by atoms with Crippen molar-refractivity contribution in [2.75, 3.05) is 37.7 Å². The number of aliphatic hydroxyl groups excluding tert-OH is 3. The van der Waals surface area contributed by atoms with E-state index in [2.05, 4.69) is 62.2 Å². The number of nitrogens with one attached hydrogen (secondary N) is 6. The van der Waals surface area contributed by atoms with E-state index in [4.69, 9.17) is 22.9 Å². The van der Waals surface area contributed by atoms with Gasteiger partial charge in [0.25, 0.3) is 0 Å². The molecule has 2 aliphatic heterocycles. The van der Waals surface area contributed by atoms with Crippen molar-refractivity contribution < 1.29 is 63.6 Å². The van der Waals surface area contributed by atoms with Crippen LogP contribution in [0.4, 0.5) is 0 Å². The summed E-state index contributed by atoms with van der Waals surface area (Å²) in [4.78, 5) is 127. The molecule has 2 saturated heterocycles. The third-order valence-corrected chi connectivity index (χ3v) is 12.1. The normalized spacial score (nSPS) is 20.1. The van der Waals surface area contributed by atoms with E-state index in [9.17, 15) is 63.6 Å². The molecular weight excluding hydrogens is 935 g/mol. The largest absolute Gasteiger partial charge is 0.480 e. The summed E-state index contributed by atoms with van der Waals surface area (Å²) in [5.74, 6) is -8.85. The number of unbranched alkanes of at least 4 members (excludes halogenated alkanes) is 1. The van der Waals surface area contributed by atoms with Gasteiger partial charge in [-0.15, -0.1) is 0 Å². The van der Waals surface area contributed by atoms with Crippen LogP contribution >= 0.6 is 25.3 Å². The Morgan fingerprint density at radius 3 is 1.59 bits per heavy atom. The molecule has 12 atom stereocenters. The Hall–Kier alpha value is -5.00. The fraction of sp³-hybridized carbons (Fsp3) is 0.750. The molecule has 8 amide bonds. The Kier molecular flexibility index (Phi) is 25.3. The van der Waals surface area contributed by atoms with Crippen molar-refractivity contribution in [3.8, 4) is 0 Å². The minimum absolute atomic E-state index is 0.00261. The number of aliphatic imine (C=N–C) groups is 1. The van der Waals surface area contributed by atoms with Crippen LogP contribution in [0.25, 0.3) is 0 Å². The third kappa shape index (κ3) is 17.8. The molecule has 18 N–H and O–H groups in total.